The van der Waals surface area contributed by atoms with E-state index >= 15 is 0 Å². The van der Waals surface area contributed by atoms with Crippen molar-refractivity contribution in [2.24, 2.45) is 0 Å². The lowest BCUT2D eigenvalue weighted by molar-refractivity contribution is -0.124. The van der Waals surface area contributed by atoms with Crippen molar-refractivity contribution >= 4 is 17.5 Å². The van der Waals surface area contributed by atoms with Gasteiger partial charge in [0.25, 0.3) is 0 Å². The molecule has 3 rings (SSSR count). The molecule has 2 N–H and O–H groups in total. The Morgan fingerprint density at radius 1 is 1.38 bits per heavy atom. The number of halogens is 1. The Bertz CT molecular complexity index is 637. The molecule has 0 spiro atoms. The van der Waals surface area contributed by atoms with Gasteiger partial charge in [-0.05, 0) is 30.9 Å². The molecule has 1 aromatic carbocycles. The van der Waals surface area contributed by atoms with Gasteiger partial charge in [0, 0.05) is 43.3 Å². The van der Waals surface area contributed by atoms with Gasteiger partial charge in [-0.2, -0.15) is 0 Å². The third-order valence-corrected chi connectivity index (χ3v) is 5.04. The van der Waals surface area contributed by atoms with Gasteiger partial charge in [-0.3, -0.25) is 9.69 Å². The van der Waals surface area contributed by atoms with Crippen LogP contribution >= 0.6 is 11.6 Å². The highest BCUT2D eigenvalue weighted by molar-refractivity contribution is 6.31. The van der Waals surface area contributed by atoms with Crippen LogP contribution in [-0.2, 0) is 11.3 Å². The maximum absolute atomic E-state index is 12.3. The minimum Gasteiger partial charge on any atom is -0.493 e. The van der Waals surface area contributed by atoms with E-state index in [1.165, 1.54) is 0 Å². The maximum atomic E-state index is 12.3. The molecule has 1 saturated carbocycles. The molecule has 2 aliphatic rings. The molecule has 0 aromatic heterocycles. The summed E-state index contributed by atoms with van der Waals surface area (Å²) < 4.78 is 11.2. The van der Waals surface area contributed by atoms with E-state index in [2.05, 4.69) is 22.5 Å². The van der Waals surface area contributed by atoms with Crippen molar-refractivity contribution in [3.63, 3.8) is 0 Å². The second kappa shape index (κ2) is 8.93. The molecular formula is C19H28ClN3O3. The lowest BCUT2D eigenvalue weighted by Gasteiger charge is -2.33. The number of rotatable bonds is 8. The Labute approximate surface area is 160 Å². The van der Waals surface area contributed by atoms with Gasteiger partial charge in [0.1, 0.15) is 0 Å². The second-order valence-corrected chi connectivity index (χ2v) is 7.37. The van der Waals surface area contributed by atoms with Crippen molar-refractivity contribution in [1.82, 2.24) is 15.5 Å². The molecule has 1 aliphatic heterocycles. The number of amides is 1. The van der Waals surface area contributed by atoms with Gasteiger partial charge in [0.15, 0.2) is 11.5 Å². The molecule has 1 saturated heterocycles. The molecule has 1 aliphatic carbocycles. The quantitative estimate of drug-likeness (QED) is 0.722. The molecule has 0 bridgehead atoms. The lowest BCUT2D eigenvalue weighted by Crippen LogP contribution is -2.57. The number of carbonyl (C=O) groups excluding carboxylic acids is 1. The van der Waals surface area contributed by atoms with Crippen molar-refractivity contribution in [3.8, 4) is 11.5 Å². The summed E-state index contributed by atoms with van der Waals surface area (Å²) in [6.07, 6.45) is 3.13. The smallest absolute Gasteiger partial charge is 0.238 e. The van der Waals surface area contributed by atoms with Gasteiger partial charge in [-0.1, -0.05) is 18.5 Å². The van der Waals surface area contributed by atoms with Gasteiger partial charge in [0.05, 0.1) is 19.8 Å². The molecule has 1 atom stereocenters. The predicted molar refractivity (Wildman–Crippen MR) is 102 cm³/mol. The first kappa shape index (κ1) is 19.3. The van der Waals surface area contributed by atoms with Crippen LogP contribution in [0.3, 0.4) is 0 Å². The third kappa shape index (κ3) is 5.02. The summed E-state index contributed by atoms with van der Waals surface area (Å²) >= 11 is 6.48. The molecule has 1 heterocycles. The van der Waals surface area contributed by atoms with Crippen molar-refractivity contribution in [2.75, 3.05) is 33.4 Å². The second-order valence-electron chi connectivity index (χ2n) is 6.97. The number of methoxy groups -OCH3 is 1. The highest BCUT2D eigenvalue weighted by atomic mass is 35.5. The molecular weight excluding hydrogens is 354 g/mol. The summed E-state index contributed by atoms with van der Waals surface area (Å²) in [5, 5.41) is 7.04. The van der Waals surface area contributed by atoms with Crippen LogP contribution in [-0.4, -0.2) is 56.2 Å². The zero-order valence-corrected chi connectivity index (χ0v) is 16.3. The first-order chi connectivity index (χ1) is 12.6. The number of nitrogens with one attached hydrogen (secondary N) is 2. The standard InChI is InChI=1S/C19H28ClN3O3/c1-3-8-26-18-10-15(20)13(9-17(18)25-2)11-23-7-6-21-16(12-23)19(24)22-14-4-5-14/h9-10,14,16,21H,3-8,11-12H2,1-2H3,(H,22,24)/t16-/m1/s1. The molecule has 144 valence electrons. The Kier molecular flexibility index (Phi) is 6.62. The average Bonchev–Trinajstić information content (AvgIpc) is 3.46. The van der Waals surface area contributed by atoms with Gasteiger partial charge in [-0.25, -0.2) is 0 Å². The Morgan fingerprint density at radius 3 is 2.88 bits per heavy atom. The summed E-state index contributed by atoms with van der Waals surface area (Å²) in [4.78, 5) is 14.5. The van der Waals surface area contributed by atoms with Gasteiger partial charge in [-0.15, -0.1) is 0 Å². The van der Waals surface area contributed by atoms with E-state index in [9.17, 15) is 4.79 Å². The minimum absolute atomic E-state index is 0.101. The number of hydrogen-bond acceptors (Lipinski definition) is 5. The van der Waals surface area contributed by atoms with Crippen molar-refractivity contribution in [1.29, 1.82) is 0 Å². The zero-order chi connectivity index (χ0) is 18.5. The molecule has 1 aromatic rings. The Balaban J connectivity index is 1.64. The third-order valence-electron chi connectivity index (χ3n) is 4.69. The van der Waals surface area contributed by atoms with Crippen LogP contribution in [0.15, 0.2) is 12.1 Å². The van der Waals surface area contributed by atoms with E-state index in [4.69, 9.17) is 21.1 Å². The molecule has 26 heavy (non-hydrogen) atoms. The summed E-state index contributed by atoms with van der Waals surface area (Å²) in [5.41, 5.74) is 0.982. The summed E-state index contributed by atoms with van der Waals surface area (Å²) in [6.45, 7) is 5.70. The van der Waals surface area contributed by atoms with Gasteiger partial charge in [0.2, 0.25) is 5.91 Å². The van der Waals surface area contributed by atoms with E-state index in [0.29, 0.717) is 42.3 Å². The van der Waals surface area contributed by atoms with E-state index < -0.39 is 0 Å². The fourth-order valence-corrected chi connectivity index (χ4v) is 3.30. The monoisotopic (exact) mass is 381 g/mol. The maximum Gasteiger partial charge on any atom is 0.238 e. The van der Waals surface area contributed by atoms with Crippen LogP contribution < -0.4 is 20.1 Å². The van der Waals surface area contributed by atoms with Crippen molar-refractivity contribution < 1.29 is 14.3 Å². The molecule has 2 fully saturated rings. The molecule has 0 radical (unpaired) electrons. The lowest BCUT2D eigenvalue weighted by atomic mass is 10.1. The molecule has 6 nitrogen and oxygen atoms in total. The highest BCUT2D eigenvalue weighted by Gasteiger charge is 2.30. The summed E-state index contributed by atoms with van der Waals surface area (Å²) in [7, 11) is 1.63. The van der Waals surface area contributed by atoms with Crippen LogP contribution in [0, 0.1) is 0 Å². The number of ether oxygens (including phenoxy) is 2. The topological polar surface area (TPSA) is 62.8 Å². The summed E-state index contributed by atoms with van der Waals surface area (Å²) in [5.74, 6) is 1.46. The van der Waals surface area contributed by atoms with Crippen LogP contribution in [0.25, 0.3) is 0 Å². The normalized spacial score (nSPS) is 20.7. The zero-order valence-electron chi connectivity index (χ0n) is 15.5. The SMILES string of the molecule is CCCOc1cc(Cl)c(CN2CCN[C@@H](C(=O)NC3CC3)C2)cc1OC. The van der Waals surface area contributed by atoms with E-state index in [0.717, 1.165) is 37.9 Å². The molecule has 1 amide bonds. The fourth-order valence-electron chi connectivity index (χ4n) is 3.08. The average molecular weight is 382 g/mol. The van der Waals surface area contributed by atoms with Crippen molar-refractivity contribution in [2.45, 2.75) is 44.8 Å². The number of piperazine rings is 1. The summed E-state index contributed by atoms with van der Waals surface area (Å²) in [6, 6.07) is 3.98. The van der Waals surface area contributed by atoms with E-state index in [1.54, 1.807) is 7.11 Å². The number of benzene rings is 1. The first-order valence-electron chi connectivity index (χ1n) is 9.36. The Morgan fingerprint density at radius 2 is 2.19 bits per heavy atom. The number of nitrogens with zero attached hydrogens (tertiary/aromatic N) is 1. The van der Waals surface area contributed by atoms with E-state index in [1.807, 2.05) is 12.1 Å². The van der Waals surface area contributed by atoms with Crippen LogP contribution in [0.5, 0.6) is 11.5 Å². The van der Waals surface area contributed by atoms with Crippen LogP contribution in [0.2, 0.25) is 5.02 Å². The number of carbonyl (C=O) groups is 1. The fraction of sp³-hybridized carbons (Fsp3) is 0.632. The highest BCUT2D eigenvalue weighted by Crippen LogP contribution is 2.34. The molecule has 7 heteroatoms. The Hall–Kier alpha value is -1.50. The van der Waals surface area contributed by atoms with Crippen LogP contribution in [0.4, 0.5) is 0 Å². The number of hydrogen-bond donors (Lipinski definition) is 2. The van der Waals surface area contributed by atoms with Gasteiger partial charge < -0.3 is 20.1 Å². The van der Waals surface area contributed by atoms with E-state index in [-0.39, 0.29) is 11.9 Å². The molecule has 0 unspecified atom stereocenters. The predicted octanol–water partition coefficient (Wildman–Crippen LogP) is 2.19. The van der Waals surface area contributed by atoms with Gasteiger partial charge >= 0.3 is 0 Å². The first-order valence-corrected chi connectivity index (χ1v) is 9.73. The minimum atomic E-state index is -0.169. The largest absolute Gasteiger partial charge is 0.493 e. The van der Waals surface area contributed by atoms with Crippen molar-refractivity contribution in [3.05, 3.63) is 22.7 Å². The van der Waals surface area contributed by atoms with Crippen LogP contribution in [0.1, 0.15) is 31.7 Å².